The van der Waals surface area contributed by atoms with Gasteiger partial charge in [0.25, 0.3) is 0 Å². The second-order valence-electron chi connectivity index (χ2n) is 8.78. The van der Waals surface area contributed by atoms with Crippen molar-refractivity contribution in [1.82, 2.24) is 0 Å². The Morgan fingerprint density at radius 3 is 1.31 bits per heavy atom. The summed E-state index contributed by atoms with van der Waals surface area (Å²) in [6.45, 7) is 9.11. The molecule has 0 aliphatic heterocycles. The Morgan fingerprint density at radius 1 is 0.483 bits per heavy atom. The van der Waals surface area contributed by atoms with Crippen LogP contribution in [0.25, 0.3) is 33.4 Å². The maximum Gasteiger partial charge on any atom is 0.0159 e. The normalized spacial score (nSPS) is 13.8. The van der Waals surface area contributed by atoms with Crippen LogP contribution in [0.1, 0.15) is 36.1 Å². The zero-order valence-corrected chi connectivity index (χ0v) is 17.6. The van der Waals surface area contributed by atoms with Gasteiger partial charge in [0, 0.05) is 5.41 Å². The second kappa shape index (κ2) is 6.46. The highest BCUT2D eigenvalue weighted by atomic mass is 14.4. The Hall–Kier alpha value is -3.12. The van der Waals surface area contributed by atoms with Gasteiger partial charge in [0.1, 0.15) is 0 Å². The van der Waals surface area contributed by atoms with Gasteiger partial charge in [0.15, 0.2) is 0 Å². The predicted molar refractivity (Wildman–Crippen MR) is 124 cm³/mol. The van der Waals surface area contributed by atoms with E-state index in [1.165, 1.54) is 55.6 Å². The molecular formula is C29H26. The molecule has 0 bridgehead atoms. The van der Waals surface area contributed by atoms with Crippen molar-refractivity contribution in [3.8, 4) is 33.4 Å². The SMILES string of the molecule is Cc1ccccc1-c1ccc2c(c1)C(C)(C)c1cc(-c3ccccc3C)ccc1-2. The van der Waals surface area contributed by atoms with Crippen LogP contribution < -0.4 is 0 Å². The third-order valence-corrected chi connectivity index (χ3v) is 6.59. The Labute approximate surface area is 173 Å². The Balaban J connectivity index is 1.66. The van der Waals surface area contributed by atoms with Crippen molar-refractivity contribution < 1.29 is 0 Å². The highest BCUT2D eigenvalue weighted by Gasteiger charge is 2.35. The molecule has 1 aliphatic carbocycles. The fourth-order valence-corrected chi connectivity index (χ4v) is 4.87. The van der Waals surface area contributed by atoms with Gasteiger partial charge in [-0.1, -0.05) is 86.6 Å². The van der Waals surface area contributed by atoms with E-state index in [0.29, 0.717) is 0 Å². The molecule has 0 amide bonds. The smallest absolute Gasteiger partial charge is 0.0159 e. The Bertz CT molecular complexity index is 1140. The van der Waals surface area contributed by atoms with Crippen molar-refractivity contribution in [2.45, 2.75) is 33.1 Å². The summed E-state index contributed by atoms with van der Waals surface area (Å²) in [7, 11) is 0. The van der Waals surface area contributed by atoms with Gasteiger partial charge in [-0.3, -0.25) is 0 Å². The second-order valence-corrected chi connectivity index (χ2v) is 8.78. The molecule has 0 heteroatoms. The summed E-state index contributed by atoms with van der Waals surface area (Å²) >= 11 is 0. The van der Waals surface area contributed by atoms with Crippen molar-refractivity contribution >= 4 is 0 Å². The zero-order valence-electron chi connectivity index (χ0n) is 17.6. The molecule has 0 N–H and O–H groups in total. The Morgan fingerprint density at radius 2 is 0.897 bits per heavy atom. The molecule has 29 heavy (non-hydrogen) atoms. The van der Waals surface area contributed by atoms with Crippen LogP contribution in [0.2, 0.25) is 0 Å². The van der Waals surface area contributed by atoms with Crippen LogP contribution in [-0.2, 0) is 5.41 Å². The highest BCUT2D eigenvalue weighted by molar-refractivity contribution is 5.86. The van der Waals surface area contributed by atoms with E-state index in [1.54, 1.807) is 0 Å². The van der Waals surface area contributed by atoms with Gasteiger partial charge >= 0.3 is 0 Å². The van der Waals surface area contributed by atoms with Crippen LogP contribution in [0.15, 0.2) is 84.9 Å². The first-order valence-electron chi connectivity index (χ1n) is 10.4. The van der Waals surface area contributed by atoms with E-state index in [-0.39, 0.29) is 5.41 Å². The number of hydrogen-bond donors (Lipinski definition) is 0. The summed E-state index contributed by atoms with van der Waals surface area (Å²) in [6, 6.07) is 31.3. The van der Waals surface area contributed by atoms with Gasteiger partial charge in [0.05, 0.1) is 0 Å². The summed E-state index contributed by atoms with van der Waals surface area (Å²) < 4.78 is 0. The number of rotatable bonds is 2. The molecule has 1 aliphatic rings. The van der Waals surface area contributed by atoms with Crippen LogP contribution >= 0.6 is 0 Å². The summed E-state index contributed by atoms with van der Waals surface area (Å²) in [6.07, 6.45) is 0. The minimum absolute atomic E-state index is 0.0118. The largest absolute Gasteiger partial charge is 0.0620 e. The van der Waals surface area contributed by atoms with Gasteiger partial charge in [-0.05, 0) is 81.6 Å². The van der Waals surface area contributed by atoms with Gasteiger partial charge in [-0.25, -0.2) is 0 Å². The van der Waals surface area contributed by atoms with Crippen LogP contribution in [0.4, 0.5) is 0 Å². The van der Waals surface area contributed by atoms with Crippen LogP contribution in [-0.4, -0.2) is 0 Å². The third-order valence-electron chi connectivity index (χ3n) is 6.59. The first-order valence-corrected chi connectivity index (χ1v) is 10.4. The maximum atomic E-state index is 2.41. The van der Waals surface area contributed by atoms with Crippen molar-refractivity contribution in [2.75, 3.05) is 0 Å². The lowest BCUT2D eigenvalue weighted by molar-refractivity contribution is 0.661. The van der Waals surface area contributed by atoms with E-state index in [1.807, 2.05) is 0 Å². The molecule has 0 aromatic heterocycles. The predicted octanol–water partition coefficient (Wildman–Crippen LogP) is 7.94. The van der Waals surface area contributed by atoms with E-state index in [4.69, 9.17) is 0 Å². The molecule has 0 heterocycles. The summed E-state index contributed by atoms with van der Waals surface area (Å²) in [4.78, 5) is 0. The number of aryl methyl sites for hydroxylation is 2. The van der Waals surface area contributed by atoms with E-state index < -0.39 is 0 Å². The quantitative estimate of drug-likeness (QED) is 0.334. The summed E-state index contributed by atoms with van der Waals surface area (Å²) in [5.74, 6) is 0. The van der Waals surface area contributed by atoms with Crippen LogP contribution in [0, 0.1) is 13.8 Å². The zero-order chi connectivity index (χ0) is 20.2. The molecule has 0 atom stereocenters. The fraction of sp³-hybridized carbons (Fsp3) is 0.172. The van der Waals surface area contributed by atoms with E-state index in [9.17, 15) is 0 Å². The number of fused-ring (bicyclic) bond motifs is 3. The van der Waals surface area contributed by atoms with Gasteiger partial charge in [0.2, 0.25) is 0 Å². The lowest BCUT2D eigenvalue weighted by atomic mass is 9.80. The molecule has 0 spiro atoms. The first kappa shape index (κ1) is 17.9. The monoisotopic (exact) mass is 374 g/mol. The standard InChI is InChI=1S/C29H26/c1-19-9-5-7-11-23(19)21-13-15-25-26-16-14-22(24-12-8-6-10-20(24)2)18-28(26)29(3,4)27(25)17-21/h5-18H,1-4H3. The van der Waals surface area contributed by atoms with Crippen molar-refractivity contribution in [2.24, 2.45) is 0 Å². The number of benzene rings is 4. The van der Waals surface area contributed by atoms with Crippen molar-refractivity contribution in [3.05, 3.63) is 107 Å². The minimum Gasteiger partial charge on any atom is -0.0620 e. The molecule has 0 saturated carbocycles. The van der Waals surface area contributed by atoms with Crippen molar-refractivity contribution in [3.63, 3.8) is 0 Å². The van der Waals surface area contributed by atoms with Crippen LogP contribution in [0.5, 0.6) is 0 Å². The molecule has 0 fully saturated rings. The van der Waals surface area contributed by atoms with Crippen molar-refractivity contribution in [1.29, 1.82) is 0 Å². The topological polar surface area (TPSA) is 0 Å². The average molecular weight is 375 g/mol. The molecule has 4 aromatic carbocycles. The number of hydrogen-bond acceptors (Lipinski definition) is 0. The maximum absolute atomic E-state index is 2.41. The fourth-order valence-electron chi connectivity index (χ4n) is 4.87. The molecule has 0 saturated heterocycles. The van der Waals surface area contributed by atoms with Crippen LogP contribution in [0.3, 0.4) is 0 Å². The molecule has 0 radical (unpaired) electrons. The average Bonchev–Trinajstić information content (AvgIpc) is 2.95. The Kier molecular flexibility index (Phi) is 3.99. The summed E-state index contributed by atoms with van der Waals surface area (Å²) in [5.41, 5.74) is 13.5. The molecular weight excluding hydrogens is 348 g/mol. The summed E-state index contributed by atoms with van der Waals surface area (Å²) in [5, 5.41) is 0. The van der Waals surface area contributed by atoms with Gasteiger partial charge < -0.3 is 0 Å². The molecule has 0 nitrogen and oxygen atoms in total. The lowest BCUT2D eigenvalue weighted by Crippen LogP contribution is -2.15. The molecule has 142 valence electrons. The van der Waals surface area contributed by atoms with Gasteiger partial charge in [-0.2, -0.15) is 0 Å². The minimum atomic E-state index is -0.0118. The highest BCUT2D eigenvalue weighted by Crippen LogP contribution is 2.50. The molecule has 4 aromatic rings. The van der Waals surface area contributed by atoms with E-state index in [0.717, 1.165) is 0 Å². The molecule has 0 unspecified atom stereocenters. The molecule has 5 rings (SSSR count). The van der Waals surface area contributed by atoms with E-state index in [2.05, 4.69) is 113 Å². The van der Waals surface area contributed by atoms with E-state index >= 15 is 0 Å². The first-order chi connectivity index (χ1) is 14.0. The lowest BCUT2D eigenvalue weighted by Gasteiger charge is -2.23. The third kappa shape index (κ3) is 2.75. The van der Waals surface area contributed by atoms with Gasteiger partial charge in [-0.15, -0.1) is 0 Å².